The molecule has 7 heteroatoms. The Morgan fingerprint density at radius 3 is 2.51 bits per heavy atom. The number of ether oxygens (including phenoxy) is 1. The van der Waals surface area contributed by atoms with Crippen LogP contribution in [0.2, 0.25) is 0 Å². The van der Waals surface area contributed by atoms with Gasteiger partial charge in [-0.2, -0.15) is 4.98 Å². The van der Waals surface area contributed by atoms with Gasteiger partial charge in [-0.3, -0.25) is 4.79 Å². The summed E-state index contributed by atoms with van der Waals surface area (Å²) in [6.45, 7) is 3.77. The molecule has 35 heavy (non-hydrogen) atoms. The third-order valence-corrected chi connectivity index (χ3v) is 5.83. The fraction of sp³-hybridized carbons (Fsp3) is 0.250. The van der Waals surface area contributed by atoms with E-state index in [1.165, 1.54) is 11.1 Å². The summed E-state index contributed by atoms with van der Waals surface area (Å²) < 4.78 is 11.1. The van der Waals surface area contributed by atoms with Crippen molar-refractivity contribution in [3.63, 3.8) is 0 Å². The number of aromatic nitrogens is 2. The van der Waals surface area contributed by atoms with Gasteiger partial charge in [-0.25, -0.2) is 0 Å². The fourth-order valence-corrected chi connectivity index (χ4v) is 3.97. The molecule has 0 fully saturated rings. The van der Waals surface area contributed by atoms with Gasteiger partial charge in [0.2, 0.25) is 5.82 Å². The Morgan fingerprint density at radius 2 is 1.77 bits per heavy atom. The normalized spacial score (nSPS) is 11.0. The van der Waals surface area contributed by atoms with Crippen molar-refractivity contribution in [1.82, 2.24) is 15.5 Å². The molecule has 0 aliphatic heterocycles. The van der Waals surface area contributed by atoms with Crippen molar-refractivity contribution in [3.05, 3.63) is 83.4 Å². The molecule has 180 valence electrons. The fourth-order valence-electron chi connectivity index (χ4n) is 3.97. The van der Waals surface area contributed by atoms with Gasteiger partial charge in [-0.15, -0.1) is 0 Å². The Labute approximate surface area is 204 Å². The van der Waals surface area contributed by atoms with E-state index in [4.69, 9.17) is 14.4 Å². The zero-order valence-corrected chi connectivity index (χ0v) is 20.0. The summed E-state index contributed by atoms with van der Waals surface area (Å²) >= 11 is 0. The van der Waals surface area contributed by atoms with Crippen LogP contribution in [0.3, 0.4) is 0 Å². The minimum atomic E-state index is -0.793. The van der Waals surface area contributed by atoms with Gasteiger partial charge in [0.25, 0.3) is 5.89 Å². The number of benzene rings is 3. The lowest BCUT2D eigenvalue weighted by molar-refractivity contribution is -0.136. The molecule has 0 unspecified atom stereocenters. The lowest BCUT2D eigenvalue weighted by atomic mass is 9.94. The lowest BCUT2D eigenvalue weighted by Gasteiger charge is -2.12. The van der Waals surface area contributed by atoms with E-state index in [9.17, 15) is 4.79 Å². The van der Waals surface area contributed by atoms with Crippen LogP contribution in [0.1, 0.15) is 23.1 Å². The molecule has 0 bridgehead atoms. The van der Waals surface area contributed by atoms with Crippen molar-refractivity contribution in [2.75, 3.05) is 20.2 Å². The van der Waals surface area contributed by atoms with Crippen molar-refractivity contribution >= 4 is 5.97 Å². The van der Waals surface area contributed by atoms with Gasteiger partial charge in [0.05, 0.1) is 13.0 Å². The van der Waals surface area contributed by atoms with E-state index in [-0.39, 0.29) is 6.42 Å². The maximum atomic E-state index is 10.6. The minimum absolute atomic E-state index is 0.126. The van der Waals surface area contributed by atoms with E-state index in [0.717, 1.165) is 40.8 Å². The predicted octanol–water partition coefficient (Wildman–Crippen LogP) is 5.13. The Kier molecular flexibility index (Phi) is 8.03. The zero-order valence-electron chi connectivity index (χ0n) is 20.0. The van der Waals surface area contributed by atoms with Crippen molar-refractivity contribution in [1.29, 1.82) is 0 Å². The SMILES string of the molecule is COCc1cc(-c2nc(-c3ccc(CCNCCC(=O)O)cc3)no2)ccc1-c1ccccc1C. The molecule has 0 aliphatic carbocycles. The van der Waals surface area contributed by atoms with Crippen molar-refractivity contribution in [3.8, 4) is 34.0 Å². The van der Waals surface area contributed by atoms with Crippen molar-refractivity contribution in [2.45, 2.75) is 26.4 Å². The number of rotatable bonds is 11. The van der Waals surface area contributed by atoms with E-state index in [0.29, 0.717) is 24.9 Å². The Bertz CT molecular complexity index is 1280. The van der Waals surface area contributed by atoms with Crippen LogP contribution in [0, 0.1) is 6.92 Å². The second kappa shape index (κ2) is 11.6. The number of aliphatic carboxylic acids is 1. The predicted molar refractivity (Wildman–Crippen MR) is 135 cm³/mol. The zero-order chi connectivity index (χ0) is 24.6. The Balaban J connectivity index is 1.48. The van der Waals surface area contributed by atoms with Gasteiger partial charge in [-0.1, -0.05) is 59.8 Å². The lowest BCUT2D eigenvalue weighted by Crippen LogP contribution is -2.20. The number of nitrogens with one attached hydrogen (secondary N) is 1. The van der Waals surface area contributed by atoms with Gasteiger partial charge >= 0.3 is 5.97 Å². The third kappa shape index (κ3) is 6.20. The number of aryl methyl sites for hydroxylation is 1. The Hall–Kier alpha value is -3.81. The highest BCUT2D eigenvalue weighted by Gasteiger charge is 2.14. The maximum absolute atomic E-state index is 10.6. The molecule has 1 aromatic heterocycles. The quantitative estimate of drug-likeness (QED) is 0.293. The first-order chi connectivity index (χ1) is 17.0. The molecule has 0 amide bonds. The molecular weight excluding hydrogens is 442 g/mol. The van der Waals surface area contributed by atoms with Crippen molar-refractivity contribution < 1.29 is 19.2 Å². The average molecular weight is 472 g/mol. The average Bonchev–Trinajstić information content (AvgIpc) is 3.35. The highest BCUT2D eigenvalue weighted by Crippen LogP contribution is 2.31. The van der Waals surface area contributed by atoms with Crippen LogP contribution in [-0.2, 0) is 22.6 Å². The molecule has 0 saturated heterocycles. The molecule has 0 atom stereocenters. The molecule has 4 aromatic rings. The van der Waals surface area contributed by atoms with Gasteiger partial charge in [-0.05, 0) is 59.8 Å². The molecule has 1 heterocycles. The second-order valence-electron chi connectivity index (χ2n) is 8.38. The van der Waals surface area contributed by atoms with Gasteiger partial charge in [0.1, 0.15) is 0 Å². The topological polar surface area (TPSA) is 97.5 Å². The molecule has 0 saturated carbocycles. The third-order valence-electron chi connectivity index (χ3n) is 5.83. The summed E-state index contributed by atoms with van der Waals surface area (Å²) in [4.78, 5) is 15.2. The Morgan fingerprint density at radius 1 is 1.00 bits per heavy atom. The van der Waals surface area contributed by atoms with Crippen LogP contribution < -0.4 is 5.32 Å². The van der Waals surface area contributed by atoms with Crippen LogP contribution in [0.25, 0.3) is 34.0 Å². The molecular formula is C28H29N3O4. The standard InChI is InChI=1S/C28H29N3O4/c1-19-5-3-4-6-24(19)25-12-11-22(17-23(25)18-34-2)28-30-27(31-35-28)21-9-7-20(8-10-21)13-15-29-16-14-26(32)33/h3-12,17,29H,13-16,18H2,1-2H3,(H,32,33). The van der Waals surface area contributed by atoms with E-state index in [1.54, 1.807) is 7.11 Å². The van der Waals surface area contributed by atoms with E-state index < -0.39 is 5.97 Å². The first-order valence-electron chi connectivity index (χ1n) is 11.6. The molecule has 0 spiro atoms. The van der Waals surface area contributed by atoms with E-state index in [1.807, 2.05) is 48.5 Å². The summed E-state index contributed by atoms with van der Waals surface area (Å²) in [7, 11) is 1.69. The van der Waals surface area contributed by atoms with Gasteiger partial charge in [0, 0.05) is 24.8 Å². The summed E-state index contributed by atoms with van der Waals surface area (Å²) in [6.07, 6.45) is 0.938. The smallest absolute Gasteiger partial charge is 0.304 e. The molecule has 0 aliphatic rings. The van der Waals surface area contributed by atoms with E-state index in [2.05, 4.69) is 40.6 Å². The molecule has 0 radical (unpaired) electrons. The highest BCUT2D eigenvalue weighted by molar-refractivity contribution is 5.74. The number of carboxylic acids is 1. The first-order valence-corrected chi connectivity index (χ1v) is 11.6. The number of hydrogen-bond donors (Lipinski definition) is 2. The summed E-state index contributed by atoms with van der Waals surface area (Å²) in [6, 6.07) is 22.4. The van der Waals surface area contributed by atoms with Gasteiger partial charge in [0.15, 0.2) is 0 Å². The first kappa shape index (κ1) is 24.3. The minimum Gasteiger partial charge on any atom is -0.481 e. The largest absolute Gasteiger partial charge is 0.481 e. The van der Waals surface area contributed by atoms with Crippen LogP contribution in [0.5, 0.6) is 0 Å². The summed E-state index contributed by atoms with van der Waals surface area (Å²) in [5.74, 6) is 0.196. The van der Waals surface area contributed by atoms with Crippen LogP contribution in [-0.4, -0.2) is 41.4 Å². The molecule has 4 rings (SSSR count). The van der Waals surface area contributed by atoms with Crippen molar-refractivity contribution in [2.24, 2.45) is 0 Å². The van der Waals surface area contributed by atoms with Crippen LogP contribution in [0.4, 0.5) is 0 Å². The van der Waals surface area contributed by atoms with Gasteiger partial charge < -0.3 is 19.7 Å². The summed E-state index contributed by atoms with van der Waals surface area (Å²) in [5.41, 5.74) is 7.43. The maximum Gasteiger partial charge on any atom is 0.304 e. The summed E-state index contributed by atoms with van der Waals surface area (Å²) in [5, 5.41) is 16.0. The number of methoxy groups -OCH3 is 1. The number of carbonyl (C=O) groups is 1. The molecule has 2 N–H and O–H groups in total. The highest BCUT2D eigenvalue weighted by atomic mass is 16.5. The second-order valence-corrected chi connectivity index (χ2v) is 8.38. The molecule has 3 aromatic carbocycles. The number of hydrogen-bond acceptors (Lipinski definition) is 6. The van der Waals surface area contributed by atoms with Crippen LogP contribution >= 0.6 is 0 Å². The van der Waals surface area contributed by atoms with E-state index >= 15 is 0 Å². The number of carboxylic acid groups (broad SMARTS) is 1. The monoisotopic (exact) mass is 471 g/mol. The van der Waals surface area contributed by atoms with Crippen LogP contribution in [0.15, 0.2) is 71.3 Å². The number of nitrogens with zero attached hydrogens (tertiary/aromatic N) is 2. The molecule has 7 nitrogen and oxygen atoms in total.